The highest BCUT2D eigenvalue weighted by Gasteiger charge is 2.25. The van der Waals surface area contributed by atoms with Crippen molar-refractivity contribution in [3.63, 3.8) is 0 Å². The Morgan fingerprint density at radius 2 is 2.04 bits per heavy atom. The highest BCUT2D eigenvalue weighted by molar-refractivity contribution is 5.76. The number of hydrogen-bond donors (Lipinski definition) is 0. The lowest BCUT2D eigenvalue weighted by Gasteiger charge is -2.28. The number of rotatable bonds is 4. The maximum atomic E-state index is 12.6. The molecule has 7 nitrogen and oxygen atoms in total. The third kappa shape index (κ3) is 3.96. The maximum Gasteiger partial charge on any atom is 0.240 e. The van der Waals surface area contributed by atoms with Crippen molar-refractivity contribution < 1.29 is 9.32 Å². The van der Waals surface area contributed by atoms with Crippen molar-refractivity contribution in [2.24, 2.45) is 5.92 Å². The lowest BCUT2D eigenvalue weighted by molar-refractivity contribution is -0.133. The zero-order valence-electron chi connectivity index (χ0n) is 14.2. The number of carbonyl (C=O) groups is 1. The van der Waals surface area contributed by atoms with Crippen LogP contribution in [0, 0.1) is 5.92 Å². The van der Waals surface area contributed by atoms with Gasteiger partial charge in [-0.25, -0.2) is 9.97 Å². The van der Waals surface area contributed by atoms with Gasteiger partial charge in [0, 0.05) is 37.8 Å². The summed E-state index contributed by atoms with van der Waals surface area (Å²) in [6, 6.07) is 2.03. The predicted molar refractivity (Wildman–Crippen MR) is 87.8 cm³/mol. The number of aromatic nitrogens is 4. The van der Waals surface area contributed by atoms with Gasteiger partial charge in [0.05, 0.1) is 0 Å². The number of aryl methyl sites for hydroxylation is 1. The first-order valence-electron chi connectivity index (χ1n) is 8.53. The zero-order chi connectivity index (χ0) is 16.9. The second-order valence-corrected chi connectivity index (χ2v) is 6.52. The molecule has 1 aliphatic rings. The molecule has 2 aromatic rings. The van der Waals surface area contributed by atoms with Crippen LogP contribution in [0.4, 0.5) is 0 Å². The minimum absolute atomic E-state index is 0.159. The Labute approximate surface area is 141 Å². The standard InChI is InChI=1S/C17H23N5O2/c1-12-5-3-6-13(2)22(11-12)15(23)8-7-14-20-17(21-24-14)16-18-9-4-10-19-16/h4,9-10,12-13H,3,5-8,11H2,1-2H3/t12-,13+/m0/s1. The second kappa shape index (κ2) is 7.51. The minimum Gasteiger partial charge on any atom is -0.340 e. The van der Waals surface area contributed by atoms with Crippen molar-refractivity contribution in [1.29, 1.82) is 0 Å². The molecular formula is C17H23N5O2. The molecule has 0 aromatic carbocycles. The van der Waals surface area contributed by atoms with Gasteiger partial charge in [-0.2, -0.15) is 4.98 Å². The molecule has 0 N–H and O–H groups in total. The molecule has 0 spiro atoms. The van der Waals surface area contributed by atoms with Gasteiger partial charge in [-0.1, -0.05) is 18.5 Å². The van der Waals surface area contributed by atoms with E-state index in [-0.39, 0.29) is 5.91 Å². The zero-order valence-corrected chi connectivity index (χ0v) is 14.2. The third-order valence-corrected chi connectivity index (χ3v) is 4.47. The first-order chi connectivity index (χ1) is 11.6. The van der Waals surface area contributed by atoms with Crippen LogP contribution in [-0.4, -0.2) is 43.5 Å². The highest BCUT2D eigenvalue weighted by Crippen LogP contribution is 2.21. The van der Waals surface area contributed by atoms with E-state index < -0.39 is 0 Å². The van der Waals surface area contributed by atoms with Gasteiger partial charge in [0.2, 0.25) is 23.4 Å². The Kier molecular flexibility index (Phi) is 5.17. The van der Waals surface area contributed by atoms with Crippen LogP contribution in [-0.2, 0) is 11.2 Å². The fourth-order valence-corrected chi connectivity index (χ4v) is 3.09. The van der Waals surface area contributed by atoms with Crippen LogP contribution >= 0.6 is 0 Å². The third-order valence-electron chi connectivity index (χ3n) is 4.47. The van der Waals surface area contributed by atoms with Crippen LogP contribution in [0.1, 0.15) is 45.4 Å². The Balaban J connectivity index is 1.59. The van der Waals surface area contributed by atoms with E-state index in [1.807, 2.05) is 4.90 Å². The smallest absolute Gasteiger partial charge is 0.240 e. The van der Waals surface area contributed by atoms with Gasteiger partial charge >= 0.3 is 0 Å². The highest BCUT2D eigenvalue weighted by atomic mass is 16.5. The average molecular weight is 329 g/mol. The Hall–Kier alpha value is -2.31. The first-order valence-corrected chi connectivity index (χ1v) is 8.53. The molecule has 0 radical (unpaired) electrons. The molecule has 0 aliphatic carbocycles. The van der Waals surface area contributed by atoms with Gasteiger partial charge in [-0.3, -0.25) is 4.79 Å². The Morgan fingerprint density at radius 3 is 2.83 bits per heavy atom. The molecule has 1 amide bonds. The summed E-state index contributed by atoms with van der Waals surface area (Å²) < 4.78 is 5.22. The number of carbonyl (C=O) groups excluding carboxylic acids is 1. The molecule has 0 unspecified atom stereocenters. The molecule has 3 heterocycles. The fraction of sp³-hybridized carbons (Fsp3) is 0.588. The Morgan fingerprint density at radius 1 is 1.25 bits per heavy atom. The summed E-state index contributed by atoms with van der Waals surface area (Å²) in [5.74, 6) is 1.95. The summed E-state index contributed by atoms with van der Waals surface area (Å²) in [6.07, 6.45) is 7.54. The largest absolute Gasteiger partial charge is 0.340 e. The molecule has 1 fully saturated rings. The van der Waals surface area contributed by atoms with Crippen LogP contribution in [0.5, 0.6) is 0 Å². The quantitative estimate of drug-likeness (QED) is 0.857. The fourth-order valence-electron chi connectivity index (χ4n) is 3.09. The van der Waals surface area contributed by atoms with E-state index in [0.29, 0.717) is 42.3 Å². The summed E-state index contributed by atoms with van der Waals surface area (Å²) in [4.78, 5) is 27.0. The molecule has 3 rings (SSSR count). The van der Waals surface area contributed by atoms with Gasteiger partial charge in [-0.15, -0.1) is 0 Å². The molecule has 0 bridgehead atoms. The molecular weight excluding hydrogens is 306 g/mol. The van der Waals surface area contributed by atoms with E-state index >= 15 is 0 Å². The van der Waals surface area contributed by atoms with Gasteiger partial charge < -0.3 is 9.42 Å². The van der Waals surface area contributed by atoms with Crippen LogP contribution in [0.15, 0.2) is 23.0 Å². The van der Waals surface area contributed by atoms with E-state index in [0.717, 1.165) is 13.0 Å². The summed E-state index contributed by atoms with van der Waals surface area (Å²) in [7, 11) is 0. The Bertz CT molecular complexity index is 673. The van der Waals surface area contributed by atoms with E-state index in [4.69, 9.17) is 4.52 Å². The first kappa shape index (κ1) is 16.5. The van der Waals surface area contributed by atoms with Gasteiger partial charge in [0.1, 0.15) is 0 Å². The topological polar surface area (TPSA) is 85.0 Å². The van der Waals surface area contributed by atoms with Crippen LogP contribution in [0.25, 0.3) is 11.6 Å². The molecule has 1 saturated heterocycles. The molecule has 128 valence electrons. The lowest BCUT2D eigenvalue weighted by atomic mass is 10.1. The van der Waals surface area contributed by atoms with Crippen molar-refractivity contribution in [1.82, 2.24) is 25.0 Å². The molecule has 0 saturated carbocycles. The number of hydrogen-bond acceptors (Lipinski definition) is 6. The van der Waals surface area contributed by atoms with Crippen molar-refractivity contribution in [2.75, 3.05) is 6.54 Å². The normalized spacial score (nSPS) is 21.5. The monoisotopic (exact) mass is 329 g/mol. The average Bonchev–Trinajstić information content (AvgIpc) is 3.00. The van der Waals surface area contributed by atoms with Crippen LogP contribution < -0.4 is 0 Å². The lowest BCUT2D eigenvalue weighted by Crippen LogP contribution is -2.39. The van der Waals surface area contributed by atoms with Gasteiger partial charge in [-0.05, 0) is 31.7 Å². The van der Waals surface area contributed by atoms with E-state index in [1.165, 1.54) is 12.8 Å². The van der Waals surface area contributed by atoms with Crippen molar-refractivity contribution >= 4 is 5.91 Å². The molecule has 2 atom stereocenters. The predicted octanol–water partition coefficient (Wildman–Crippen LogP) is 2.50. The minimum atomic E-state index is 0.159. The van der Waals surface area contributed by atoms with E-state index in [1.54, 1.807) is 18.5 Å². The molecule has 24 heavy (non-hydrogen) atoms. The van der Waals surface area contributed by atoms with Crippen LogP contribution in [0.3, 0.4) is 0 Å². The molecule has 2 aromatic heterocycles. The number of nitrogens with zero attached hydrogens (tertiary/aromatic N) is 5. The van der Waals surface area contributed by atoms with Crippen molar-refractivity contribution in [2.45, 2.75) is 52.0 Å². The van der Waals surface area contributed by atoms with Crippen molar-refractivity contribution in [3.8, 4) is 11.6 Å². The number of likely N-dealkylation sites (tertiary alicyclic amines) is 1. The maximum absolute atomic E-state index is 12.6. The molecule has 1 aliphatic heterocycles. The molecule has 7 heteroatoms. The van der Waals surface area contributed by atoms with Crippen LogP contribution in [0.2, 0.25) is 0 Å². The number of amides is 1. The summed E-state index contributed by atoms with van der Waals surface area (Å²) in [5.41, 5.74) is 0. The van der Waals surface area contributed by atoms with Crippen molar-refractivity contribution in [3.05, 3.63) is 24.4 Å². The van der Waals surface area contributed by atoms with E-state index in [9.17, 15) is 4.79 Å². The summed E-state index contributed by atoms with van der Waals surface area (Å²) in [6.45, 7) is 5.18. The van der Waals surface area contributed by atoms with Gasteiger partial charge in [0.25, 0.3) is 0 Å². The van der Waals surface area contributed by atoms with E-state index in [2.05, 4.69) is 34.0 Å². The summed E-state index contributed by atoms with van der Waals surface area (Å²) in [5, 5.41) is 3.88. The van der Waals surface area contributed by atoms with Gasteiger partial charge in [0.15, 0.2) is 0 Å². The SMILES string of the molecule is C[C@H]1CCC[C@@H](C)N(C(=O)CCc2nc(-c3ncccn3)no2)C1. The second-order valence-electron chi connectivity index (χ2n) is 6.52. The summed E-state index contributed by atoms with van der Waals surface area (Å²) >= 11 is 0.